The van der Waals surface area contributed by atoms with Crippen molar-refractivity contribution in [3.05, 3.63) is 29.8 Å². The van der Waals surface area contributed by atoms with Crippen LogP contribution < -0.4 is 0 Å². The molecule has 0 radical (unpaired) electrons. The van der Waals surface area contributed by atoms with Crippen LogP contribution in [0.3, 0.4) is 0 Å². The van der Waals surface area contributed by atoms with Gasteiger partial charge in [-0.2, -0.15) is 4.31 Å². The van der Waals surface area contributed by atoms with Crippen molar-refractivity contribution in [1.29, 1.82) is 0 Å². The molecule has 0 aromatic heterocycles. The molecule has 0 bridgehead atoms. The van der Waals surface area contributed by atoms with E-state index in [0.29, 0.717) is 26.1 Å². The smallest absolute Gasteiger partial charge is 0.337 e. The first kappa shape index (κ1) is 17.6. The molecule has 0 unspecified atom stereocenters. The second kappa shape index (κ2) is 7.53. The van der Waals surface area contributed by atoms with E-state index in [2.05, 4.69) is 0 Å². The van der Waals surface area contributed by atoms with Crippen molar-refractivity contribution in [2.75, 3.05) is 33.7 Å². The van der Waals surface area contributed by atoms with Crippen molar-refractivity contribution in [3.8, 4) is 0 Å². The predicted octanol–water partition coefficient (Wildman–Crippen LogP) is 1.35. The number of aromatic carboxylic acids is 1. The Bertz CT molecular complexity index is 584. The molecule has 0 spiro atoms. The first-order chi connectivity index (χ1) is 9.80. The van der Waals surface area contributed by atoms with Gasteiger partial charge >= 0.3 is 5.97 Å². The molecule has 0 fully saturated rings. The number of nitrogens with zero attached hydrogens (tertiary/aromatic N) is 2. The molecule has 0 atom stereocenters. The molecule has 1 aromatic rings. The number of rotatable bonds is 8. The summed E-state index contributed by atoms with van der Waals surface area (Å²) in [7, 11) is -0.0827. The normalized spacial score (nSPS) is 12.0. The van der Waals surface area contributed by atoms with E-state index in [1.165, 1.54) is 28.6 Å². The van der Waals surface area contributed by atoms with Crippen LogP contribution in [-0.2, 0) is 10.0 Å². The topological polar surface area (TPSA) is 77.9 Å². The number of carbonyl (C=O) groups is 1. The second-order valence-electron chi connectivity index (χ2n) is 5.01. The van der Waals surface area contributed by atoms with Gasteiger partial charge in [-0.15, -0.1) is 0 Å². The molecule has 0 aliphatic heterocycles. The summed E-state index contributed by atoms with van der Waals surface area (Å²) in [6.45, 7) is 3.16. The molecule has 1 aromatic carbocycles. The molecule has 118 valence electrons. The minimum absolute atomic E-state index is 0.148. The number of carboxylic acid groups (broad SMARTS) is 1. The van der Waals surface area contributed by atoms with E-state index in [1.807, 2.05) is 25.9 Å². The van der Waals surface area contributed by atoms with Crippen molar-refractivity contribution >= 4 is 16.0 Å². The third-order valence-corrected chi connectivity index (χ3v) is 4.96. The van der Waals surface area contributed by atoms with Crippen LogP contribution >= 0.6 is 0 Å². The first-order valence-corrected chi connectivity index (χ1v) is 8.22. The first-order valence-electron chi connectivity index (χ1n) is 6.78. The van der Waals surface area contributed by atoms with Gasteiger partial charge in [-0.1, -0.05) is 19.1 Å². The largest absolute Gasteiger partial charge is 0.478 e. The van der Waals surface area contributed by atoms with Gasteiger partial charge in [-0.05, 0) is 32.6 Å². The van der Waals surface area contributed by atoms with Gasteiger partial charge < -0.3 is 10.0 Å². The Balaban J connectivity index is 3.19. The van der Waals surface area contributed by atoms with Crippen molar-refractivity contribution in [2.45, 2.75) is 18.2 Å². The Hall–Kier alpha value is -1.44. The summed E-state index contributed by atoms with van der Waals surface area (Å²) in [6.07, 6.45) is 0.669. The number of hydrogen-bond acceptors (Lipinski definition) is 4. The Morgan fingerprint density at radius 1 is 1.14 bits per heavy atom. The maximum absolute atomic E-state index is 12.7. The molecule has 0 amide bonds. The monoisotopic (exact) mass is 314 g/mol. The van der Waals surface area contributed by atoms with Gasteiger partial charge in [-0.3, -0.25) is 0 Å². The minimum atomic E-state index is -3.81. The fourth-order valence-corrected chi connectivity index (χ4v) is 3.63. The maximum Gasteiger partial charge on any atom is 0.337 e. The van der Waals surface area contributed by atoms with Crippen LogP contribution in [0.1, 0.15) is 23.7 Å². The summed E-state index contributed by atoms with van der Waals surface area (Å²) >= 11 is 0. The number of benzene rings is 1. The zero-order chi connectivity index (χ0) is 16.0. The fraction of sp³-hybridized carbons (Fsp3) is 0.500. The highest BCUT2D eigenvalue weighted by atomic mass is 32.2. The second-order valence-corrected chi connectivity index (χ2v) is 6.92. The van der Waals surface area contributed by atoms with E-state index in [0.717, 1.165) is 0 Å². The quantitative estimate of drug-likeness (QED) is 0.783. The van der Waals surface area contributed by atoms with Gasteiger partial charge in [0.1, 0.15) is 0 Å². The predicted molar refractivity (Wildman–Crippen MR) is 81.0 cm³/mol. The van der Waals surface area contributed by atoms with E-state index in [1.54, 1.807) is 0 Å². The van der Waals surface area contributed by atoms with Gasteiger partial charge in [0.2, 0.25) is 10.0 Å². The molecule has 1 N–H and O–H groups in total. The van der Waals surface area contributed by atoms with E-state index < -0.39 is 16.0 Å². The summed E-state index contributed by atoms with van der Waals surface area (Å²) in [4.78, 5) is 13.0. The van der Waals surface area contributed by atoms with Crippen molar-refractivity contribution in [1.82, 2.24) is 9.21 Å². The highest BCUT2D eigenvalue weighted by molar-refractivity contribution is 7.89. The SMILES string of the molecule is CCCN(CCN(C)C)S(=O)(=O)c1ccccc1C(=O)O. The van der Waals surface area contributed by atoms with Crippen LogP contribution in [0.15, 0.2) is 29.2 Å². The third-order valence-electron chi connectivity index (χ3n) is 3.00. The summed E-state index contributed by atoms with van der Waals surface area (Å²) in [5, 5.41) is 9.17. The molecule has 0 saturated heterocycles. The highest BCUT2D eigenvalue weighted by Gasteiger charge is 2.28. The van der Waals surface area contributed by atoms with Gasteiger partial charge in [0.15, 0.2) is 0 Å². The summed E-state index contributed by atoms with van der Waals surface area (Å²) in [6, 6.07) is 5.71. The summed E-state index contributed by atoms with van der Waals surface area (Å²) < 4.78 is 26.8. The van der Waals surface area contributed by atoms with Gasteiger partial charge in [0.05, 0.1) is 10.5 Å². The van der Waals surface area contributed by atoms with E-state index in [-0.39, 0.29) is 10.5 Å². The maximum atomic E-state index is 12.7. The molecule has 0 saturated carbocycles. The highest BCUT2D eigenvalue weighted by Crippen LogP contribution is 2.20. The molecular weight excluding hydrogens is 292 g/mol. The van der Waals surface area contributed by atoms with Crippen LogP contribution in [0.25, 0.3) is 0 Å². The van der Waals surface area contributed by atoms with E-state index in [9.17, 15) is 13.2 Å². The van der Waals surface area contributed by atoms with E-state index in [4.69, 9.17) is 5.11 Å². The molecule has 0 heterocycles. The minimum Gasteiger partial charge on any atom is -0.478 e. The standard InChI is InChI=1S/C14H22N2O4S/c1-4-9-16(11-10-15(2)3)21(19,20)13-8-6-5-7-12(13)14(17)18/h5-8H,4,9-11H2,1-3H3,(H,17,18). The lowest BCUT2D eigenvalue weighted by molar-refractivity contribution is 0.0692. The van der Waals surface area contributed by atoms with Crippen LogP contribution in [0.5, 0.6) is 0 Å². The summed E-state index contributed by atoms with van der Waals surface area (Å²) in [5.74, 6) is -1.24. The number of sulfonamides is 1. The average molecular weight is 314 g/mol. The Labute approximate surface area is 126 Å². The number of hydrogen-bond donors (Lipinski definition) is 1. The van der Waals surface area contributed by atoms with Crippen molar-refractivity contribution in [2.24, 2.45) is 0 Å². The molecule has 21 heavy (non-hydrogen) atoms. The lowest BCUT2D eigenvalue weighted by Crippen LogP contribution is -2.37. The fourth-order valence-electron chi connectivity index (χ4n) is 1.92. The van der Waals surface area contributed by atoms with Crippen molar-refractivity contribution in [3.63, 3.8) is 0 Å². The van der Waals surface area contributed by atoms with Gasteiger partial charge in [-0.25, -0.2) is 13.2 Å². The molecule has 0 aliphatic rings. The zero-order valence-corrected chi connectivity index (χ0v) is 13.4. The molecule has 1 rings (SSSR count). The molecule has 7 heteroatoms. The lowest BCUT2D eigenvalue weighted by Gasteiger charge is -2.24. The number of carboxylic acids is 1. The van der Waals surface area contributed by atoms with Crippen molar-refractivity contribution < 1.29 is 18.3 Å². The van der Waals surface area contributed by atoms with Crippen LogP contribution in [0.2, 0.25) is 0 Å². The zero-order valence-electron chi connectivity index (χ0n) is 12.6. The summed E-state index contributed by atoms with van der Waals surface area (Å²) in [5.41, 5.74) is -0.191. The lowest BCUT2D eigenvalue weighted by atomic mass is 10.2. The van der Waals surface area contributed by atoms with E-state index >= 15 is 0 Å². The Kier molecular flexibility index (Phi) is 6.32. The molecular formula is C14H22N2O4S. The van der Waals surface area contributed by atoms with Gasteiger partial charge in [0.25, 0.3) is 0 Å². The Morgan fingerprint density at radius 3 is 2.29 bits per heavy atom. The van der Waals surface area contributed by atoms with Crippen LogP contribution in [0, 0.1) is 0 Å². The van der Waals surface area contributed by atoms with Gasteiger partial charge in [0, 0.05) is 19.6 Å². The van der Waals surface area contributed by atoms with Crippen LogP contribution in [-0.4, -0.2) is 62.4 Å². The number of likely N-dealkylation sites (N-methyl/N-ethyl adjacent to an activating group) is 1. The molecule has 0 aliphatic carbocycles. The molecule has 6 nitrogen and oxygen atoms in total. The Morgan fingerprint density at radius 2 is 1.76 bits per heavy atom. The van der Waals surface area contributed by atoms with Crippen LogP contribution in [0.4, 0.5) is 0 Å². The average Bonchev–Trinajstić information content (AvgIpc) is 2.43. The third kappa shape index (κ3) is 4.52.